The Kier molecular flexibility index (Phi) is 2.67. The summed E-state index contributed by atoms with van der Waals surface area (Å²) in [5.41, 5.74) is 0.0602. The molecule has 1 aliphatic carbocycles. The zero-order valence-electron chi connectivity index (χ0n) is 10.3. The van der Waals surface area contributed by atoms with Gasteiger partial charge in [-0.15, -0.1) is 0 Å². The van der Waals surface area contributed by atoms with Gasteiger partial charge in [-0.1, -0.05) is 32.6 Å². The predicted molar refractivity (Wildman–Crippen MR) is 60.4 cm³/mol. The van der Waals surface area contributed by atoms with Crippen LogP contribution in [0.1, 0.15) is 51.9 Å². The van der Waals surface area contributed by atoms with Crippen molar-refractivity contribution < 1.29 is 19.0 Å². The van der Waals surface area contributed by atoms with E-state index in [9.17, 15) is 4.79 Å². The second kappa shape index (κ2) is 3.95. The van der Waals surface area contributed by atoms with Gasteiger partial charge >= 0.3 is 0 Å². The van der Waals surface area contributed by atoms with Crippen molar-refractivity contribution in [3.05, 3.63) is 0 Å². The normalized spacial score (nSPS) is 45.7. The van der Waals surface area contributed by atoms with Crippen LogP contribution >= 0.6 is 0 Å². The molecule has 0 aromatic rings. The van der Waals surface area contributed by atoms with Crippen molar-refractivity contribution in [3.8, 4) is 0 Å². The number of epoxide rings is 2. The quantitative estimate of drug-likeness (QED) is 0.389. The van der Waals surface area contributed by atoms with Gasteiger partial charge in [0.2, 0.25) is 5.79 Å². The van der Waals surface area contributed by atoms with Crippen molar-refractivity contribution in [1.82, 2.24) is 0 Å². The first-order valence-electron chi connectivity index (χ1n) is 6.73. The lowest BCUT2D eigenvalue weighted by Crippen LogP contribution is -2.33. The van der Waals surface area contributed by atoms with Gasteiger partial charge in [0.15, 0.2) is 6.10 Å². The number of rotatable bonds is 7. The molecule has 0 N–H and O–H groups in total. The molecular weight excluding hydrogens is 220 g/mol. The van der Waals surface area contributed by atoms with E-state index in [4.69, 9.17) is 14.2 Å². The van der Waals surface area contributed by atoms with Crippen LogP contribution in [0.2, 0.25) is 0 Å². The Morgan fingerprint density at radius 3 is 2.88 bits per heavy atom. The van der Waals surface area contributed by atoms with Gasteiger partial charge in [0.05, 0.1) is 5.60 Å². The smallest absolute Gasteiger partial charge is 0.295 e. The minimum atomic E-state index is -0.615. The fourth-order valence-electron chi connectivity index (χ4n) is 3.23. The molecule has 0 spiro atoms. The second-order valence-electron chi connectivity index (χ2n) is 5.48. The summed E-state index contributed by atoms with van der Waals surface area (Å²) in [7, 11) is 0. The Morgan fingerprint density at radius 1 is 1.24 bits per heavy atom. The van der Waals surface area contributed by atoms with E-state index in [2.05, 4.69) is 6.92 Å². The fraction of sp³-hybridized carbons (Fsp3) is 0.923. The minimum Gasteiger partial charge on any atom is -0.432 e. The van der Waals surface area contributed by atoms with Crippen LogP contribution < -0.4 is 0 Å². The SMILES string of the molecule is CCCCCCC12CCC3(OC=O)OC3C1O2. The number of ether oxygens (including phenoxy) is 3. The van der Waals surface area contributed by atoms with E-state index in [1.54, 1.807) is 0 Å². The highest BCUT2D eigenvalue weighted by Crippen LogP contribution is 2.62. The Bertz CT molecular complexity index is 319. The zero-order valence-corrected chi connectivity index (χ0v) is 10.3. The molecule has 0 aromatic heterocycles. The predicted octanol–water partition coefficient (Wildman–Crippen LogP) is 2.16. The number of fused-ring (bicyclic) bond motifs is 3. The van der Waals surface area contributed by atoms with Crippen LogP contribution in [-0.2, 0) is 19.0 Å². The molecule has 17 heavy (non-hydrogen) atoms. The average molecular weight is 240 g/mol. The molecule has 3 aliphatic rings. The first kappa shape index (κ1) is 11.5. The van der Waals surface area contributed by atoms with Gasteiger partial charge in [0, 0.05) is 6.42 Å². The van der Waals surface area contributed by atoms with Crippen molar-refractivity contribution in [2.75, 3.05) is 0 Å². The molecule has 3 rings (SSSR count). The van der Waals surface area contributed by atoms with E-state index in [0.717, 1.165) is 19.3 Å². The molecule has 0 radical (unpaired) electrons. The van der Waals surface area contributed by atoms with Gasteiger partial charge in [-0.25, -0.2) is 0 Å². The van der Waals surface area contributed by atoms with Gasteiger partial charge in [-0.3, -0.25) is 4.79 Å². The Morgan fingerprint density at radius 2 is 2.12 bits per heavy atom. The molecule has 4 unspecified atom stereocenters. The molecule has 0 amide bonds. The molecule has 96 valence electrons. The molecule has 4 heteroatoms. The third kappa shape index (κ3) is 1.78. The van der Waals surface area contributed by atoms with Crippen LogP contribution in [0.3, 0.4) is 0 Å². The number of carbonyl (C=O) groups is 1. The molecule has 2 heterocycles. The molecule has 0 aromatic carbocycles. The Balaban J connectivity index is 1.49. The summed E-state index contributed by atoms with van der Waals surface area (Å²) in [6, 6.07) is 0. The summed E-state index contributed by atoms with van der Waals surface area (Å²) >= 11 is 0. The summed E-state index contributed by atoms with van der Waals surface area (Å²) in [6.07, 6.45) is 8.17. The lowest BCUT2D eigenvalue weighted by atomic mass is 9.84. The largest absolute Gasteiger partial charge is 0.432 e. The van der Waals surface area contributed by atoms with E-state index < -0.39 is 5.79 Å². The summed E-state index contributed by atoms with van der Waals surface area (Å²) in [5.74, 6) is -0.615. The van der Waals surface area contributed by atoms with Crippen LogP contribution in [0.15, 0.2) is 0 Å². The minimum absolute atomic E-state index is 0.00706. The summed E-state index contributed by atoms with van der Waals surface area (Å²) in [6.45, 7) is 2.72. The zero-order chi connectivity index (χ0) is 11.9. The maximum absolute atomic E-state index is 10.4. The lowest BCUT2D eigenvalue weighted by molar-refractivity contribution is -0.144. The standard InChI is InChI=1S/C13H20O4/c1-2-3-4-5-6-12-7-8-13(15-9-14)11(17-13)10(12)16-12/h9-11H,2-8H2,1H3. The highest BCUT2D eigenvalue weighted by molar-refractivity contribution is 5.40. The highest BCUT2D eigenvalue weighted by atomic mass is 16.8. The van der Waals surface area contributed by atoms with Crippen molar-refractivity contribution in [2.45, 2.75) is 75.5 Å². The van der Waals surface area contributed by atoms with E-state index in [0.29, 0.717) is 6.47 Å². The summed E-state index contributed by atoms with van der Waals surface area (Å²) in [4.78, 5) is 10.4. The van der Waals surface area contributed by atoms with Crippen molar-refractivity contribution >= 4 is 6.47 Å². The molecule has 2 saturated heterocycles. The Hall–Kier alpha value is -0.610. The van der Waals surface area contributed by atoms with Gasteiger partial charge in [-0.05, 0) is 12.8 Å². The van der Waals surface area contributed by atoms with E-state index in [-0.39, 0.29) is 17.8 Å². The van der Waals surface area contributed by atoms with Gasteiger partial charge in [0.1, 0.15) is 6.10 Å². The summed E-state index contributed by atoms with van der Waals surface area (Å²) in [5, 5.41) is 0. The van der Waals surface area contributed by atoms with Crippen molar-refractivity contribution in [1.29, 1.82) is 0 Å². The van der Waals surface area contributed by atoms with Gasteiger partial charge < -0.3 is 14.2 Å². The van der Waals surface area contributed by atoms with E-state index >= 15 is 0 Å². The third-order valence-corrected chi connectivity index (χ3v) is 4.40. The van der Waals surface area contributed by atoms with Gasteiger partial charge in [0.25, 0.3) is 6.47 Å². The van der Waals surface area contributed by atoms with Crippen LogP contribution in [0.4, 0.5) is 0 Å². The molecule has 3 fully saturated rings. The molecule has 2 aliphatic heterocycles. The molecular formula is C13H20O4. The lowest BCUT2D eigenvalue weighted by Gasteiger charge is -2.19. The first-order chi connectivity index (χ1) is 8.26. The van der Waals surface area contributed by atoms with Crippen molar-refractivity contribution in [2.24, 2.45) is 0 Å². The Labute approximate surface area is 102 Å². The van der Waals surface area contributed by atoms with E-state index in [1.807, 2.05) is 0 Å². The van der Waals surface area contributed by atoms with Crippen LogP contribution in [0.5, 0.6) is 0 Å². The summed E-state index contributed by atoms with van der Waals surface area (Å²) < 4.78 is 16.4. The molecule has 4 nitrogen and oxygen atoms in total. The number of carbonyl (C=O) groups excluding carboxylic acids is 1. The van der Waals surface area contributed by atoms with Crippen LogP contribution in [-0.4, -0.2) is 30.1 Å². The maximum Gasteiger partial charge on any atom is 0.295 e. The van der Waals surface area contributed by atoms with E-state index in [1.165, 1.54) is 25.7 Å². The molecule has 1 saturated carbocycles. The highest BCUT2D eigenvalue weighted by Gasteiger charge is 2.78. The second-order valence-corrected chi connectivity index (χ2v) is 5.48. The van der Waals surface area contributed by atoms with Crippen LogP contribution in [0, 0.1) is 0 Å². The first-order valence-corrected chi connectivity index (χ1v) is 6.73. The number of unbranched alkanes of at least 4 members (excludes halogenated alkanes) is 3. The fourth-order valence-corrected chi connectivity index (χ4v) is 3.23. The monoisotopic (exact) mass is 240 g/mol. The van der Waals surface area contributed by atoms with Crippen molar-refractivity contribution in [3.63, 3.8) is 0 Å². The average Bonchev–Trinajstić information content (AvgIpc) is 3.17. The van der Waals surface area contributed by atoms with Crippen LogP contribution in [0.25, 0.3) is 0 Å². The maximum atomic E-state index is 10.4. The number of hydrogen-bond acceptors (Lipinski definition) is 4. The topological polar surface area (TPSA) is 51.4 Å². The molecule has 0 bridgehead atoms. The van der Waals surface area contributed by atoms with Gasteiger partial charge in [-0.2, -0.15) is 0 Å². The number of hydrogen-bond donors (Lipinski definition) is 0. The third-order valence-electron chi connectivity index (χ3n) is 4.40. The molecule has 4 atom stereocenters.